The number of carbonyl (C=O) groups excluding carboxylic acids is 1. The minimum absolute atomic E-state index is 0.0402. The van der Waals surface area contributed by atoms with Crippen LogP contribution in [0.15, 0.2) is 24.3 Å². The van der Waals surface area contributed by atoms with Crippen molar-refractivity contribution < 1.29 is 4.79 Å². The molecule has 0 aromatic heterocycles. The first kappa shape index (κ1) is 13.2. The van der Waals surface area contributed by atoms with Crippen molar-refractivity contribution in [3.8, 4) is 0 Å². The molecule has 16 heavy (non-hydrogen) atoms. The Balaban J connectivity index is 2.78. The average Bonchev–Trinajstić information content (AvgIpc) is 2.14. The first-order valence-corrected chi connectivity index (χ1v) is 5.97. The maximum Gasteiger partial charge on any atom is 0.165 e. The van der Waals surface area contributed by atoms with E-state index in [1.54, 1.807) is 12.1 Å². The quantitative estimate of drug-likeness (QED) is 0.704. The SMILES string of the molecule is C[C@H](CC(C)(C)C)C(=O)c1cccc(Cl)c1. The predicted molar refractivity (Wildman–Crippen MR) is 69.0 cm³/mol. The van der Waals surface area contributed by atoms with Gasteiger partial charge in [0.2, 0.25) is 0 Å². The summed E-state index contributed by atoms with van der Waals surface area (Å²) in [5.74, 6) is 0.218. The summed E-state index contributed by atoms with van der Waals surface area (Å²) >= 11 is 5.87. The summed E-state index contributed by atoms with van der Waals surface area (Å²) in [5.41, 5.74) is 0.887. The molecule has 1 aromatic rings. The highest BCUT2D eigenvalue weighted by molar-refractivity contribution is 6.31. The van der Waals surface area contributed by atoms with Gasteiger partial charge in [-0.2, -0.15) is 0 Å². The average molecular weight is 239 g/mol. The third kappa shape index (κ3) is 3.97. The highest BCUT2D eigenvalue weighted by Crippen LogP contribution is 2.26. The molecule has 0 radical (unpaired) electrons. The molecule has 0 amide bonds. The van der Waals surface area contributed by atoms with Gasteiger partial charge in [0.1, 0.15) is 0 Å². The molecule has 0 heterocycles. The van der Waals surface area contributed by atoms with Gasteiger partial charge in [-0.15, -0.1) is 0 Å². The first-order valence-electron chi connectivity index (χ1n) is 5.59. The third-order valence-electron chi connectivity index (χ3n) is 2.48. The van der Waals surface area contributed by atoms with Gasteiger partial charge >= 0.3 is 0 Å². The fraction of sp³-hybridized carbons (Fsp3) is 0.500. The molecule has 1 atom stereocenters. The van der Waals surface area contributed by atoms with Crippen LogP contribution in [-0.4, -0.2) is 5.78 Å². The predicted octanol–water partition coefficient (Wildman–Crippen LogP) is 4.60. The molecule has 0 bridgehead atoms. The summed E-state index contributed by atoms with van der Waals surface area (Å²) in [6.07, 6.45) is 0.887. The minimum Gasteiger partial charge on any atom is -0.294 e. The zero-order valence-corrected chi connectivity index (χ0v) is 11.1. The van der Waals surface area contributed by atoms with Crippen molar-refractivity contribution in [2.24, 2.45) is 11.3 Å². The van der Waals surface area contributed by atoms with Gasteiger partial charge in [-0.25, -0.2) is 0 Å². The van der Waals surface area contributed by atoms with Crippen LogP contribution in [-0.2, 0) is 0 Å². The summed E-state index contributed by atoms with van der Waals surface area (Å²) in [6.45, 7) is 8.42. The molecule has 1 aromatic carbocycles. The summed E-state index contributed by atoms with van der Waals surface area (Å²) in [7, 11) is 0. The molecule has 1 nitrogen and oxygen atoms in total. The molecular formula is C14H19ClO. The van der Waals surface area contributed by atoms with E-state index in [-0.39, 0.29) is 17.1 Å². The van der Waals surface area contributed by atoms with E-state index >= 15 is 0 Å². The molecule has 88 valence electrons. The lowest BCUT2D eigenvalue weighted by atomic mass is 9.82. The van der Waals surface area contributed by atoms with E-state index in [0.29, 0.717) is 10.6 Å². The van der Waals surface area contributed by atoms with Gasteiger partial charge in [-0.05, 0) is 24.0 Å². The second-order valence-electron chi connectivity index (χ2n) is 5.54. The van der Waals surface area contributed by atoms with Crippen molar-refractivity contribution in [2.75, 3.05) is 0 Å². The molecule has 0 aliphatic rings. The highest BCUT2D eigenvalue weighted by Gasteiger charge is 2.21. The zero-order valence-electron chi connectivity index (χ0n) is 10.4. The summed E-state index contributed by atoms with van der Waals surface area (Å²) in [4.78, 5) is 12.1. The maximum atomic E-state index is 12.1. The van der Waals surface area contributed by atoms with Gasteiger partial charge in [0.05, 0.1) is 0 Å². The van der Waals surface area contributed by atoms with E-state index in [4.69, 9.17) is 11.6 Å². The Morgan fingerprint density at radius 2 is 2.00 bits per heavy atom. The minimum atomic E-state index is 0.0402. The number of ketones is 1. The molecule has 0 aliphatic heterocycles. The lowest BCUT2D eigenvalue weighted by molar-refractivity contribution is 0.0897. The van der Waals surface area contributed by atoms with Gasteiger partial charge in [0, 0.05) is 16.5 Å². The zero-order chi connectivity index (χ0) is 12.3. The number of hydrogen-bond acceptors (Lipinski definition) is 1. The van der Waals surface area contributed by atoms with Crippen LogP contribution in [0.5, 0.6) is 0 Å². The largest absolute Gasteiger partial charge is 0.294 e. The molecule has 1 rings (SSSR count). The molecule has 0 aliphatic carbocycles. The van der Waals surface area contributed by atoms with Crippen LogP contribution in [0, 0.1) is 11.3 Å². The molecule has 0 unspecified atom stereocenters. The van der Waals surface area contributed by atoms with Crippen LogP contribution in [0.1, 0.15) is 44.5 Å². The van der Waals surface area contributed by atoms with Crippen LogP contribution in [0.2, 0.25) is 5.02 Å². The number of Topliss-reactive ketones (excluding diaryl/α,β-unsaturated/α-hetero) is 1. The molecule has 2 heteroatoms. The van der Waals surface area contributed by atoms with Crippen molar-refractivity contribution in [1.29, 1.82) is 0 Å². The lowest BCUT2D eigenvalue weighted by Gasteiger charge is -2.22. The van der Waals surface area contributed by atoms with Crippen molar-refractivity contribution >= 4 is 17.4 Å². The topological polar surface area (TPSA) is 17.1 Å². The van der Waals surface area contributed by atoms with E-state index in [0.717, 1.165) is 6.42 Å². The van der Waals surface area contributed by atoms with Crippen molar-refractivity contribution in [3.63, 3.8) is 0 Å². The van der Waals surface area contributed by atoms with E-state index < -0.39 is 0 Å². The molecule has 0 N–H and O–H groups in total. The normalized spacial score (nSPS) is 13.6. The molecular weight excluding hydrogens is 220 g/mol. The Bertz CT molecular complexity index is 377. The van der Waals surface area contributed by atoms with E-state index in [1.807, 2.05) is 19.1 Å². The van der Waals surface area contributed by atoms with E-state index in [9.17, 15) is 4.79 Å². The standard InChI is InChI=1S/C14H19ClO/c1-10(9-14(2,3)4)13(16)11-6-5-7-12(15)8-11/h5-8,10H,9H2,1-4H3/t10-/m1/s1. The summed E-state index contributed by atoms with van der Waals surface area (Å²) in [6, 6.07) is 7.17. The number of benzene rings is 1. The number of rotatable bonds is 3. The highest BCUT2D eigenvalue weighted by atomic mass is 35.5. The van der Waals surface area contributed by atoms with Crippen LogP contribution in [0.25, 0.3) is 0 Å². The van der Waals surface area contributed by atoms with Crippen molar-refractivity contribution in [2.45, 2.75) is 34.1 Å². The maximum absolute atomic E-state index is 12.1. The molecule has 0 fully saturated rings. The second-order valence-corrected chi connectivity index (χ2v) is 5.98. The van der Waals surface area contributed by atoms with Crippen LogP contribution >= 0.6 is 11.6 Å². The molecule has 0 saturated carbocycles. The van der Waals surface area contributed by atoms with Crippen molar-refractivity contribution in [1.82, 2.24) is 0 Å². The van der Waals surface area contributed by atoms with E-state index in [1.165, 1.54) is 0 Å². The fourth-order valence-electron chi connectivity index (χ4n) is 1.94. The summed E-state index contributed by atoms with van der Waals surface area (Å²) in [5, 5.41) is 0.619. The summed E-state index contributed by atoms with van der Waals surface area (Å²) < 4.78 is 0. The lowest BCUT2D eigenvalue weighted by Crippen LogP contribution is -2.18. The Morgan fingerprint density at radius 1 is 1.38 bits per heavy atom. The second kappa shape index (κ2) is 5.01. The first-order chi connectivity index (χ1) is 7.29. The number of halogens is 1. The number of hydrogen-bond donors (Lipinski definition) is 0. The molecule has 0 spiro atoms. The Morgan fingerprint density at radius 3 is 2.50 bits per heavy atom. The molecule has 0 saturated heterocycles. The Kier molecular flexibility index (Phi) is 4.15. The van der Waals surface area contributed by atoms with Crippen molar-refractivity contribution in [3.05, 3.63) is 34.9 Å². The van der Waals surface area contributed by atoms with Crippen LogP contribution < -0.4 is 0 Å². The van der Waals surface area contributed by atoms with Gasteiger partial charge in [-0.3, -0.25) is 4.79 Å². The van der Waals surface area contributed by atoms with Gasteiger partial charge < -0.3 is 0 Å². The van der Waals surface area contributed by atoms with Gasteiger partial charge in [-0.1, -0.05) is 51.4 Å². The smallest absolute Gasteiger partial charge is 0.165 e. The van der Waals surface area contributed by atoms with Crippen LogP contribution in [0.3, 0.4) is 0 Å². The fourth-order valence-corrected chi connectivity index (χ4v) is 2.13. The van der Waals surface area contributed by atoms with Crippen LogP contribution in [0.4, 0.5) is 0 Å². The monoisotopic (exact) mass is 238 g/mol. The third-order valence-corrected chi connectivity index (χ3v) is 2.71. The number of carbonyl (C=O) groups is 1. The Hall–Kier alpha value is -0.820. The van der Waals surface area contributed by atoms with E-state index in [2.05, 4.69) is 20.8 Å². The van der Waals surface area contributed by atoms with Gasteiger partial charge in [0.15, 0.2) is 5.78 Å². The Labute approximate surface area is 103 Å². The van der Waals surface area contributed by atoms with Gasteiger partial charge in [0.25, 0.3) is 0 Å².